The lowest BCUT2D eigenvalue weighted by atomic mass is 10.2. The van der Waals surface area contributed by atoms with E-state index in [4.69, 9.17) is 16.0 Å². The number of hydrogen-bond acceptors (Lipinski definition) is 4. The molecule has 2 rings (SSSR count). The molecule has 0 amide bonds. The second-order valence-electron chi connectivity index (χ2n) is 5.16. The van der Waals surface area contributed by atoms with Crippen LogP contribution in [0.1, 0.15) is 25.0 Å². The standard InChI is InChI=1S/C15H20ClN3O/c1-11(2)17-7-13-6-15(18-8-14(13)16)19(3)9-12-4-5-20-10-12/h4-6,8,10-11,17H,7,9H2,1-3H3. The fraction of sp³-hybridized carbons (Fsp3) is 0.400. The maximum absolute atomic E-state index is 6.19. The van der Waals surface area contributed by atoms with Crippen LogP contribution in [0.3, 0.4) is 0 Å². The molecule has 20 heavy (non-hydrogen) atoms. The number of nitrogens with zero attached hydrogens (tertiary/aromatic N) is 2. The topological polar surface area (TPSA) is 41.3 Å². The molecular formula is C15H20ClN3O. The van der Waals surface area contributed by atoms with Gasteiger partial charge in [-0.05, 0) is 17.7 Å². The molecule has 0 aromatic carbocycles. The van der Waals surface area contributed by atoms with E-state index in [-0.39, 0.29) is 0 Å². The first-order valence-corrected chi connectivity index (χ1v) is 7.04. The lowest BCUT2D eigenvalue weighted by Crippen LogP contribution is -2.23. The number of furan rings is 1. The van der Waals surface area contributed by atoms with Gasteiger partial charge in [-0.2, -0.15) is 0 Å². The highest BCUT2D eigenvalue weighted by molar-refractivity contribution is 6.31. The first-order valence-electron chi connectivity index (χ1n) is 6.66. The lowest BCUT2D eigenvalue weighted by Gasteiger charge is -2.19. The molecule has 2 aromatic heterocycles. The highest BCUT2D eigenvalue weighted by Gasteiger charge is 2.09. The number of rotatable bonds is 6. The van der Waals surface area contributed by atoms with Crippen LogP contribution < -0.4 is 10.2 Å². The largest absolute Gasteiger partial charge is 0.472 e. The zero-order valence-corrected chi connectivity index (χ0v) is 12.8. The van der Waals surface area contributed by atoms with Gasteiger partial charge < -0.3 is 14.6 Å². The molecular weight excluding hydrogens is 274 g/mol. The second-order valence-corrected chi connectivity index (χ2v) is 5.56. The molecule has 0 bridgehead atoms. The summed E-state index contributed by atoms with van der Waals surface area (Å²) < 4.78 is 5.08. The van der Waals surface area contributed by atoms with Crippen LogP contribution in [0.4, 0.5) is 5.82 Å². The maximum atomic E-state index is 6.19. The number of halogens is 1. The van der Waals surface area contributed by atoms with Crippen LogP contribution in [0.25, 0.3) is 0 Å². The van der Waals surface area contributed by atoms with Crippen molar-refractivity contribution in [1.82, 2.24) is 10.3 Å². The molecule has 1 N–H and O–H groups in total. The van der Waals surface area contributed by atoms with Crippen molar-refractivity contribution in [2.45, 2.75) is 33.0 Å². The summed E-state index contributed by atoms with van der Waals surface area (Å²) in [5.74, 6) is 0.899. The fourth-order valence-electron chi connectivity index (χ4n) is 1.86. The average molecular weight is 294 g/mol. The first kappa shape index (κ1) is 14.9. The van der Waals surface area contributed by atoms with Crippen molar-refractivity contribution < 1.29 is 4.42 Å². The molecule has 108 valence electrons. The molecule has 2 heterocycles. The van der Waals surface area contributed by atoms with E-state index in [2.05, 4.69) is 29.0 Å². The van der Waals surface area contributed by atoms with E-state index >= 15 is 0 Å². The number of pyridine rings is 1. The molecule has 5 heteroatoms. The monoisotopic (exact) mass is 293 g/mol. The van der Waals surface area contributed by atoms with Crippen LogP contribution in [-0.4, -0.2) is 18.1 Å². The third-order valence-electron chi connectivity index (χ3n) is 3.01. The van der Waals surface area contributed by atoms with E-state index in [1.807, 2.05) is 19.2 Å². The van der Waals surface area contributed by atoms with Crippen molar-refractivity contribution in [3.63, 3.8) is 0 Å². The summed E-state index contributed by atoms with van der Waals surface area (Å²) in [5.41, 5.74) is 2.18. The molecule has 0 aliphatic carbocycles. The Morgan fingerprint density at radius 1 is 1.45 bits per heavy atom. The Bertz CT molecular complexity index is 540. The van der Waals surface area contributed by atoms with Crippen molar-refractivity contribution in [3.05, 3.63) is 47.0 Å². The molecule has 0 radical (unpaired) electrons. The van der Waals surface area contributed by atoms with Gasteiger partial charge in [0.25, 0.3) is 0 Å². The molecule has 0 saturated carbocycles. The Labute approximate surface area is 124 Å². The molecule has 0 aliphatic heterocycles. The molecule has 0 saturated heterocycles. The van der Waals surface area contributed by atoms with Crippen molar-refractivity contribution in [2.24, 2.45) is 0 Å². The molecule has 0 atom stereocenters. The molecule has 0 spiro atoms. The zero-order chi connectivity index (χ0) is 14.5. The SMILES string of the molecule is CC(C)NCc1cc(N(C)Cc2ccoc2)ncc1Cl. The minimum Gasteiger partial charge on any atom is -0.472 e. The Morgan fingerprint density at radius 3 is 2.90 bits per heavy atom. The van der Waals surface area contributed by atoms with Crippen LogP contribution in [0.15, 0.2) is 35.3 Å². The highest BCUT2D eigenvalue weighted by Crippen LogP contribution is 2.21. The van der Waals surface area contributed by atoms with Gasteiger partial charge in [-0.25, -0.2) is 4.98 Å². The van der Waals surface area contributed by atoms with E-state index < -0.39 is 0 Å². The number of nitrogens with one attached hydrogen (secondary N) is 1. The Morgan fingerprint density at radius 2 is 2.25 bits per heavy atom. The summed E-state index contributed by atoms with van der Waals surface area (Å²) in [6.45, 7) is 5.72. The third-order valence-corrected chi connectivity index (χ3v) is 3.35. The van der Waals surface area contributed by atoms with Gasteiger partial charge in [-0.15, -0.1) is 0 Å². The summed E-state index contributed by atoms with van der Waals surface area (Å²) >= 11 is 6.19. The Kier molecular flexibility index (Phi) is 5.04. The van der Waals surface area contributed by atoms with Crippen LogP contribution in [0.2, 0.25) is 5.02 Å². The number of anilines is 1. The Hall–Kier alpha value is -1.52. The van der Waals surface area contributed by atoms with Crippen molar-refractivity contribution in [1.29, 1.82) is 0 Å². The van der Waals surface area contributed by atoms with Gasteiger partial charge in [-0.1, -0.05) is 25.4 Å². The van der Waals surface area contributed by atoms with Gasteiger partial charge in [0.15, 0.2) is 0 Å². The van der Waals surface area contributed by atoms with E-state index in [0.29, 0.717) is 11.1 Å². The summed E-state index contributed by atoms with van der Waals surface area (Å²) in [6.07, 6.45) is 5.13. The summed E-state index contributed by atoms with van der Waals surface area (Å²) in [5, 5.41) is 4.06. The lowest BCUT2D eigenvalue weighted by molar-refractivity contribution is 0.563. The summed E-state index contributed by atoms with van der Waals surface area (Å²) in [4.78, 5) is 6.45. The minimum absolute atomic E-state index is 0.423. The smallest absolute Gasteiger partial charge is 0.128 e. The van der Waals surface area contributed by atoms with Gasteiger partial charge in [0.05, 0.1) is 17.5 Å². The predicted molar refractivity (Wildman–Crippen MR) is 82.0 cm³/mol. The van der Waals surface area contributed by atoms with E-state index in [9.17, 15) is 0 Å². The van der Waals surface area contributed by atoms with E-state index in [1.165, 1.54) is 0 Å². The minimum atomic E-state index is 0.423. The second kappa shape index (κ2) is 6.77. The van der Waals surface area contributed by atoms with Gasteiger partial charge in [0.1, 0.15) is 5.82 Å². The van der Waals surface area contributed by atoms with Gasteiger partial charge >= 0.3 is 0 Å². The molecule has 0 aliphatic rings. The average Bonchev–Trinajstić information content (AvgIpc) is 2.90. The molecule has 0 fully saturated rings. The number of hydrogen-bond donors (Lipinski definition) is 1. The van der Waals surface area contributed by atoms with Crippen molar-refractivity contribution >= 4 is 17.4 Å². The number of aromatic nitrogens is 1. The summed E-state index contributed by atoms with van der Waals surface area (Å²) in [6, 6.07) is 4.40. The van der Waals surface area contributed by atoms with Crippen LogP contribution in [0.5, 0.6) is 0 Å². The van der Waals surface area contributed by atoms with E-state index in [0.717, 1.165) is 30.0 Å². The molecule has 0 unspecified atom stereocenters. The van der Waals surface area contributed by atoms with E-state index in [1.54, 1.807) is 18.7 Å². The zero-order valence-electron chi connectivity index (χ0n) is 12.1. The van der Waals surface area contributed by atoms with Gasteiger partial charge in [-0.3, -0.25) is 0 Å². The van der Waals surface area contributed by atoms with Crippen LogP contribution in [0, 0.1) is 0 Å². The maximum Gasteiger partial charge on any atom is 0.128 e. The first-order chi connectivity index (χ1) is 9.56. The van der Waals surface area contributed by atoms with Crippen LogP contribution in [-0.2, 0) is 13.1 Å². The predicted octanol–water partition coefficient (Wildman–Crippen LogP) is 3.46. The van der Waals surface area contributed by atoms with Crippen molar-refractivity contribution in [2.75, 3.05) is 11.9 Å². The highest BCUT2D eigenvalue weighted by atomic mass is 35.5. The Balaban J connectivity index is 2.09. The molecule has 4 nitrogen and oxygen atoms in total. The third kappa shape index (κ3) is 3.99. The van der Waals surface area contributed by atoms with Crippen LogP contribution >= 0.6 is 11.6 Å². The normalized spacial score (nSPS) is 11.1. The quantitative estimate of drug-likeness (QED) is 0.885. The van der Waals surface area contributed by atoms with Gasteiger partial charge in [0.2, 0.25) is 0 Å². The fourth-order valence-corrected chi connectivity index (χ4v) is 2.03. The molecule has 2 aromatic rings. The van der Waals surface area contributed by atoms with Gasteiger partial charge in [0, 0.05) is 37.9 Å². The van der Waals surface area contributed by atoms with Crippen molar-refractivity contribution in [3.8, 4) is 0 Å². The summed E-state index contributed by atoms with van der Waals surface area (Å²) in [7, 11) is 2.00.